The number of hydrogen-bond acceptors (Lipinski definition) is 5. The van der Waals surface area contributed by atoms with Crippen LogP contribution in [-0.2, 0) is 9.47 Å². The summed E-state index contributed by atoms with van der Waals surface area (Å²) < 4.78 is 13.5. The molecule has 0 unspecified atom stereocenters. The highest BCUT2D eigenvalue weighted by molar-refractivity contribution is 7.13. The van der Waals surface area contributed by atoms with Crippen LogP contribution in [0.1, 0.15) is 18.5 Å². The van der Waals surface area contributed by atoms with Crippen molar-refractivity contribution < 1.29 is 14.6 Å². The van der Waals surface area contributed by atoms with E-state index in [1.54, 1.807) is 17.5 Å². The normalized spacial score (nSPS) is 20.8. The van der Waals surface area contributed by atoms with E-state index in [1.165, 1.54) is 0 Å². The first kappa shape index (κ1) is 15.3. The molecule has 2 atom stereocenters. The first-order valence-corrected chi connectivity index (χ1v) is 8.12. The Kier molecular flexibility index (Phi) is 4.90. The monoisotopic (exact) mass is 318 g/mol. The summed E-state index contributed by atoms with van der Waals surface area (Å²) in [6.45, 7) is 3.80. The number of imidazole rings is 1. The maximum Gasteiger partial charge on any atom is 0.150 e. The van der Waals surface area contributed by atoms with Crippen LogP contribution in [0, 0.1) is 11.8 Å². The molecule has 116 valence electrons. The summed E-state index contributed by atoms with van der Waals surface area (Å²) in [7, 11) is 0. The summed E-state index contributed by atoms with van der Waals surface area (Å²) in [6.07, 6.45) is 3.83. The molecule has 1 N–H and O–H groups in total. The van der Waals surface area contributed by atoms with Crippen molar-refractivity contribution in [3.05, 3.63) is 29.4 Å². The second-order valence-corrected chi connectivity index (χ2v) is 5.83. The molecule has 0 amide bonds. The van der Waals surface area contributed by atoms with Gasteiger partial charge in [-0.2, -0.15) is 0 Å². The standard InChI is InChI=1S/C16H18N2O3S/c1-2-21-14-10-20-9-13(14)18-6-5-17-16(18)15-8-12(11-22-15)4-3-7-19/h5-6,8,11,13-14,19H,2,7,9-10H2,1H3/t13-,14-/m1/s1. The van der Waals surface area contributed by atoms with Gasteiger partial charge in [0.1, 0.15) is 18.5 Å². The van der Waals surface area contributed by atoms with E-state index in [0.29, 0.717) is 19.8 Å². The summed E-state index contributed by atoms with van der Waals surface area (Å²) >= 11 is 1.60. The molecule has 1 fully saturated rings. The van der Waals surface area contributed by atoms with Crippen LogP contribution in [-0.4, -0.2) is 47.2 Å². The van der Waals surface area contributed by atoms with Crippen LogP contribution in [0.4, 0.5) is 0 Å². The Labute approximate surface area is 133 Å². The highest BCUT2D eigenvalue weighted by Crippen LogP contribution is 2.31. The summed E-state index contributed by atoms with van der Waals surface area (Å²) in [5.41, 5.74) is 0.896. The van der Waals surface area contributed by atoms with Crippen LogP contribution in [0.25, 0.3) is 10.7 Å². The molecule has 2 aromatic heterocycles. The van der Waals surface area contributed by atoms with Gasteiger partial charge in [-0.25, -0.2) is 4.98 Å². The number of hydrogen-bond donors (Lipinski definition) is 1. The van der Waals surface area contributed by atoms with Gasteiger partial charge in [-0.3, -0.25) is 0 Å². The van der Waals surface area contributed by atoms with E-state index in [9.17, 15) is 0 Å². The van der Waals surface area contributed by atoms with Gasteiger partial charge in [0.25, 0.3) is 0 Å². The highest BCUT2D eigenvalue weighted by atomic mass is 32.1. The van der Waals surface area contributed by atoms with E-state index in [-0.39, 0.29) is 18.8 Å². The van der Waals surface area contributed by atoms with Crippen LogP contribution in [0.3, 0.4) is 0 Å². The zero-order chi connectivity index (χ0) is 15.4. The smallest absolute Gasteiger partial charge is 0.150 e. The topological polar surface area (TPSA) is 56.5 Å². The number of aliphatic hydroxyl groups excluding tert-OH is 1. The molecule has 0 bridgehead atoms. The molecule has 0 aromatic carbocycles. The number of nitrogens with zero attached hydrogens (tertiary/aromatic N) is 2. The van der Waals surface area contributed by atoms with Gasteiger partial charge in [0, 0.05) is 29.9 Å². The number of rotatable bonds is 4. The van der Waals surface area contributed by atoms with Crippen molar-refractivity contribution in [2.24, 2.45) is 0 Å². The van der Waals surface area contributed by atoms with E-state index in [0.717, 1.165) is 16.3 Å². The lowest BCUT2D eigenvalue weighted by Gasteiger charge is -2.20. The van der Waals surface area contributed by atoms with Crippen molar-refractivity contribution in [2.75, 3.05) is 26.4 Å². The van der Waals surface area contributed by atoms with Crippen molar-refractivity contribution in [1.82, 2.24) is 9.55 Å². The van der Waals surface area contributed by atoms with Gasteiger partial charge in [0.05, 0.1) is 24.1 Å². The molecular formula is C16H18N2O3S. The second kappa shape index (κ2) is 7.07. The Bertz CT molecular complexity index is 683. The third-order valence-electron chi connectivity index (χ3n) is 3.54. The maximum atomic E-state index is 8.77. The highest BCUT2D eigenvalue weighted by Gasteiger charge is 2.31. The van der Waals surface area contributed by atoms with Crippen LogP contribution in [0.2, 0.25) is 0 Å². The van der Waals surface area contributed by atoms with Gasteiger partial charge in [-0.1, -0.05) is 11.8 Å². The molecule has 1 saturated heterocycles. The molecule has 0 saturated carbocycles. The van der Waals surface area contributed by atoms with Gasteiger partial charge >= 0.3 is 0 Å². The minimum absolute atomic E-state index is 0.0616. The predicted octanol–water partition coefficient (Wildman–Crippen LogP) is 1.93. The predicted molar refractivity (Wildman–Crippen MR) is 84.8 cm³/mol. The van der Waals surface area contributed by atoms with Crippen molar-refractivity contribution in [3.8, 4) is 22.5 Å². The molecule has 1 aliphatic rings. The lowest BCUT2D eigenvalue weighted by molar-refractivity contribution is 0.0364. The fraction of sp³-hybridized carbons (Fsp3) is 0.438. The summed E-state index contributed by atoms with van der Waals surface area (Å²) in [6, 6.07) is 2.14. The third kappa shape index (κ3) is 3.08. The van der Waals surface area contributed by atoms with Crippen molar-refractivity contribution in [1.29, 1.82) is 0 Å². The lowest BCUT2D eigenvalue weighted by atomic mass is 10.2. The van der Waals surface area contributed by atoms with Crippen LogP contribution in [0.15, 0.2) is 23.8 Å². The molecule has 0 aliphatic carbocycles. The fourth-order valence-electron chi connectivity index (χ4n) is 2.59. The molecule has 22 heavy (non-hydrogen) atoms. The van der Waals surface area contributed by atoms with Gasteiger partial charge in [-0.15, -0.1) is 11.3 Å². The van der Waals surface area contributed by atoms with Gasteiger partial charge < -0.3 is 19.1 Å². The van der Waals surface area contributed by atoms with Crippen LogP contribution in [0.5, 0.6) is 0 Å². The maximum absolute atomic E-state index is 8.77. The zero-order valence-electron chi connectivity index (χ0n) is 12.4. The van der Waals surface area contributed by atoms with Crippen LogP contribution >= 0.6 is 11.3 Å². The summed E-state index contributed by atoms with van der Waals surface area (Å²) in [5, 5.41) is 10.7. The Hall–Kier alpha value is -1.65. The molecule has 6 heteroatoms. The van der Waals surface area contributed by atoms with E-state index < -0.39 is 0 Å². The number of aromatic nitrogens is 2. The lowest BCUT2D eigenvalue weighted by Crippen LogP contribution is -2.25. The first-order chi connectivity index (χ1) is 10.8. The molecule has 3 rings (SSSR count). The number of thiophene rings is 1. The Morgan fingerprint density at radius 3 is 3.27 bits per heavy atom. The first-order valence-electron chi connectivity index (χ1n) is 7.24. The Morgan fingerprint density at radius 1 is 1.55 bits per heavy atom. The Balaban J connectivity index is 1.87. The fourth-order valence-corrected chi connectivity index (χ4v) is 3.43. The minimum Gasteiger partial charge on any atom is -0.384 e. The quantitative estimate of drug-likeness (QED) is 0.875. The van der Waals surface area contributed by atoms with Gasteiger partial charge in [-0.05, 0) is 13.0 Å². The summed E-state index contributed by atoms with van der Waals surface area (Å²) in [4.78, 5) is 5.53. The van der Waals surface area contributed by atoms with E-state index in [1.807, 2.05) is 24.6 Å². The van der Waals surface area contributed by atoms with E-state index in [4.69, 9.17) is 14.6 Å². The van der Waals surface area contributed by atoms with Gasteiger partial charge in [0.2, 0.25) is 0 Å². The molecule has 0 spiro atoms. The number of aliphatic hydroxyl groups is 1. The van der Waals surface area contributed by atoms with Crippen molar-refractivity contribution in [3.63, 3.8) is 0 Å². The Morgan fingerprint density at radius 2 is 2.45 bits per heavy atom. The summed E-state index contributed by atoms with van der Waals surface area (Å²) in [5.74, 6) is 6.49. The third-order valence-corrected chi connectivity index (χ3v) is 4.46. The number of ether oxygens (including phenoxy) is 2. The molecule has 0 radical (unpaired) electrons. The second-order valence-electron chi connectivity index (χ2n) is 4.92. The van der Waals surface area contributed by atoms with E-state index >= 15 is 0 Å². The molecule has 1 aliphatic heterocycles. The zero-order valence-corrected chi connectivity index (χ0v) is 13.2. The van der Waals surface area contributed by atoms with Crippen molar-refractivity contribution >= 4 is 11.3 Å². The van der Waals surface area contributed by atoms with Crippen LogP contribution < -0.4 is 0 Å². The average Bonchev–Trinajstić information content (AvgIpc) is 3.24. The molecule has 5 nitrogen and oxygen atoms in total. The SMILES string of the molecule is CCO[C@@H]1COC[C@H]1n1ccnc1-c1cc(C#CCO)cs1. The average molecular weight is 318 g/mol. The van der Waals surface area contributed by atoms with Gasteiger partial charge in [0.15, 0.2) is 0 Å². The molecule has 3 heterocycles. The largest absolute Gasteiger partial charge is 0.384 e. The van der Waals surface area contributed by atoms with E-state index in [2.05, 4.69) is 21.4 Å². The minimum atomic E-state index is -0.130. The van der Waals surface area contributed by atoms with Crippen molar-refractivity contribution in [2.45, 2.75) is 19.1 Å². The molecular weight excluding hydrogens is 300 g/mol. The molecule has 2 aromatic rings.